The Bertz CT molecular complexity index is 384. The van der Waals surface area contributed by atoms with Crippen LogP contribution in [0, 0.1) is 0 Å². The van der Waals surface area contributed by atoms with Gasteiger partial charge < -0.3 is 19.7 Å². The number of amides is 1. The first-order valence-electron chi connectivity index (χ1n) is 4.73. The number of nitrogens with zero attached hydrogens (tertiary/aromatic N) is 1. The van der Waals surface area contributed by atoms with Gasteiger partial charge in [0.1, 0.15) is 11.3 Å². The van der Waals surface area contributed by atoms with Crippen LogP contribution in [0.5, 0.6) is 0 Å². The number of carboxylic acids is 1. The molecule has 0 saturated heterocycles. The fraction of sp³-hybridized carbons (Fsp3) is 0.400. The molecule has 2 N–H and O–H groups in total. The minimum absolute atomic E-state index is 0.0802. The second-order valence-electron chi connectivity index (χ2n) is 3.45. The lowest BCUT2D eigenvalue weighted by molar-refractivity contribution is -0.127. The molecule has 16 heavy (non-hydrogen) atoms. The fourth-order valence-electron chi connectivity index (χ4n) is 1.11. The summed E-state index contributed by atoms with van der Waals surface area (Å²) in [5.41, 5.74) is 0.116. The number of rotatable bonds is 5. The summed E-state index contributed by atoms with van der Waals surface area (Å²) in [4.78, 5) is 23.4. The van der Waals surface area contributed by atoms with Crippen molar-refractivity contribution in [2.45, 2.75) is 6.54 Å². The molecule has 0 atom stereocenters. The van der Waals surface area contributed by atoms with Crippen LogP contribution >= 0.6 is 0 Å². The van der Waals surface area contributed by atoms with Gasteiger partial charge in [-0.3, -0.25) is 4.79 Å². The quantitative estimate of drug-likeness (QED) is 0.747. The van der Waals surface area contributed by atoms with Crippen LogP contribution in [0.15, 0.2) is 16.7 Å². The van der Waals surface area contributed by atoms with Crippen molar-refractivity contribution >= 4 is 11.9 Å². The number of hydrogen-bond acceptors (Lipinski definition) is 4. The van der Waals surface area contributed by atoms with Gasteiger partial charge in [-0.15, -0.1) is 0 Å². The van der Waals surface area contributed by atoms with Crippen molar-refractivity contribution in [1.82, 2.24) is 10.2 Å². The summed E-state index contributed by atoms with van der Waals surface area (Å²) in [6.07, 6.45) is 1.31. The number of carboxylic acid groups (broad SMARTS) is 1. The second-order valence-corrected chi connectivity index (χ2v) is 3.45. The average Bonchev–Trinajstić information content (AvgIpc) is 2.65. The summed E-state index contributed by atoms with van der Waals surface area (Å²) in [5, 5.41) is 11.6. The van der Waals surface area contributed by atoms with Gasteiger partial charge in [0.2, 0.25) is 5.91 Å². The van der Waals surface area contributed by atoms with E-state index in [1.165, 1.54) is 17.2 Å². The molecular weight excluding hydrogens is 212 g/mol. The first-order valence-corrected chi connectivity index (χ1v) is 4.73. The van der Waals surface area contributed by atoms with Crippen LogP contribution in [0.3, 0.4) is 0 Å². The Morgan fingerprint density at radius 1 is 1.50 bits per heavy atom. The SMILES string of the molecule is CN(C)C(=O)CNCc1occc1C(=O)O. The molecule has 0 bridgehead atoms. The molecule has 0 aromatic carbocycles. The molecule has 1 heterocycles. The molecule has 1 aromatic heterocycles. The summed E-state index contributed by atoms with van der Waals surface area (Å²) < 4.78 is 5.00. The van der Waals surface area contributed by atoms with Gasteiger partial charge in [0.25, 0.3) is 0 Å². The molecule has 88 valence electrons. The third kappa shape index (κ3) is 3.09. The Morgan fingerprint density at radius 3 is 2.75 bits per heavy atom. The fourth-order valence-corrected chi connectivity index (χ4v) is 1.11. The number of aromatic carboxylic acids is 1. The molecule has 0 radical (unpaired) electrons. The predicted molar refractivity (Wildman–Crippen MR) is 56.1 cm³/mol. The van der Waals surface area contributed by atoms with E-state index in [0.717, 1.165) is 0 Å². The molecule has 0 spiro atoms. The standard InChI is InChI=1S/C10H14N2O4/c1-12(2)9(13)6-11-5-8-7(10(14)15)3-4-16-8/h3-4,11H,5-6H2,1-2H3,(H,14,15). The zero-order valence-corrected chi connectivity index (χ0v) is 9.19. The number of furan rings is 1. The molecular formula is C10H14N2O4. The lowest BCUT2D eigenvalue weighted by Crippen LogP contribution is -2.32. The summed E-state index contributed by atoms with van der Waals surface area (Å²) in [5.74, 6) is -0.799. The minimum atomic E-state index is -1.04. The smallest absolute Gasteiger partial charge is 0.339 e. The Kier molecular flexibility index (Phi) is 4.07. The van der Waals surface area contributed by atoms with Gasteiger partial charge in [-0.25, -0.2) is 4.79 Å². The molecule has 1 rings (SSSR count). The summed E-state index contributed by atoms with van der Waals surface area (Å²) in [7, 11) is 3.30. The normalized spacial score (nSPS) is 10.1. The topological polar surface area (TPSA) is 82.8 Å². The number of carbonyl (C=O) groups is 2. The maximum absolute atomic E-state index is 11.2. The van der Waals surface area contributed by atoms with Gasteiger partial charge in [0, 0.05) is 14.1 Å². The molecule has 0 fully saturated rings. The van der Waals surface area contributed by atoms with Gasteiger partial charge in [0.15, 0.2) is 0 Å². The van der Waals surface area contributed by atoms with Crippen molar-refractivity contribution in [3.05, 3.63) is 23.7 Å². The zero-order valence-electron chi connectivity index (χ0n) is 9.19. The number of carbonyl (C=O) groups excluding carboxylic acids is 1. The lowest BCUT2D eigenvalue weighted by atomic mass is 10.2. The van der Waals surface area contributed by atoms with E-state index in [1.807, 2.05) is 0 Å². The van der Waals surface area contributed by atoms with E-state index in [-0.39, 0.29) is 24.6 Å². The minimum Gasteiger partial charge on any atom is -0.478 e. The van der Waals surface area contributed by atoms with Gasteiger partial charge in [-0.2, -0.15) is 0 Å². The molecule has 0 aliphatic heterocycles. The third-order valence-electron chi connectivity index (χ3n) is 2.04. The van der Waals surface area contributed by atoms with Crippen LogP contribution in [0.25, 0.3) is 0 Å². The zero-order chi connectivity index (χ0) is 12.1. The van der Waals surface area contributed by atoms with Crippen molar-refractivity contribution < 1.29 is 19.1 Å². The molecule has 0 aliphatic carbocycles. The Balaban J connectivity index is 2.46. The lowest BCUT2D eigenvalue weighted by Gasteiger charge is -2.10. The average molecular weight is 226 g/mol. The van der Waals surface area contributed by atoms with Crippen molar-refractivity contribution in [2.24, 2.45) is 0 Å². The summed E-state index contributed by atoms with van der Waals surface area (Å²) in [6, 6.07) is 1.38. The van der Waals surface area contributed by atoms with E-state index >= 15 is 0 Å². The van der Waals surface area contributed by atoms with Gasteiger partial charge >= 0.3 is 5.97 Å². The highest BCUT2D eigenvalue weighted by Crippen LogP contribution is 2.09. The number of likely N-dealkylation sites (N-methyl/N-ethyl adjacent to an activating group) is 1. The molecule has 6 heteroatoms. The van der Waals surface area contributed by atoms with E-state index in [9.17, 15) is 9.59 Å². The first-order chi connectivity index (χ1) is 7.52. The van der Waals surface area contributed by atoms with Crippen LogP contribution in [0.1, 0.15) is 16.1 Å². The molecule has 0 aliphatic rings. The van der Waals surface area contributed by atoms with Crippen molar-refractivity contribution in [3.8, 4) is 0 Å². The van der Waals surface area contributed by atoms with Crippen molar-refractivity contribution in [1.29, 1.82) is 0 Å². The highest BCUT2D eigenvalue weighted by atomic mass is 16.4. The Morgan fingerprint density at radius 2 is 2.19 bits per heavy atom. The maximum Gasteiger partial charge on any atom is 0.339 e. The molecule has 0 unspecified atom stereocenters. The third-order valence-corrected chi connectivity index (χ3v) is 2.04. The largest absolute Gasteiger partial charge is 0.478 e. The highest BCUT2D eigenvalue weighted by Gasteiger charge is 2.13. The van der Waals surface area contributed by atoms with Crippen molar-refractivity contribution in [3.63, 3.8) is 0 Å². The highest BCUT2D eigenvalue weighted by molar-refractivity contribution is 5.88. The second kappa shape index (κ2) is 5.32. The van der Waals surface area contributed by atoms with Gasteiger partial charge in [-0.1, -0.05) is 0 Å². The summed E-state index contributed by atoms with van der Waals surface area (Å²) in [6.45, 7) is 0.362. The van der Waals surface area contributed by atoms with E-state index in [4.69, 9.17) is 9.52 Å². The van der Waals surface area contributed by atoms with E-state index in [0.29, 0.717) is 5.76 Å². The van der Waals surface area contributed by atoms with E-state index < -0.39 is 5.97 Å². The Labute approximate surface area is 92.8 Å². The van der Waals surface area contributed by atoms with Gasteiger partial charge in [-0.05, 0) is 6.07 Å². The number of nitrogens with one attached hydrogen (secondary N) is 1. The van der Waals surface area contributed by atoms with Crippen LogP contribution < -0.4 is 5.32 Å². The first kappa shape index (κ1) is 12.3. The van der Waals surface area contributed by atoms with Gasteiger partial charge in [0.05, 0.1) is 19.4 Å². The monoisotopic (exact) mass is 226 g/mol. The van der Waals surface area contributed by atoms with E-state index in [1.54, 1.807) is 14.1 Å². The van der Waals surface area contributed by atoms with Crippen LogP contribution in [-0.4, -0.2) is 42.5 Å². The van der Waals surface area contributed by atoms with Crippen LogP contribution in [0.2, 0.25) is 0 Å². The molecule has 1 amide bonds. The molecule has 0 saturated carbocycles. The van der Waals surface area contributed by atoms with Crippen LogP contribution in [-0.2, 0) is 11.3 Å². The summed E-state index contributed by atoms with van der Waals surface area (Å²) >= 11 is 0. The predicted octanol–water partition coefficient (Wildman–Crippen LogP) is 0.156. The van der Waals surface area contributed by atoms with E-state index in [2.05, 4.69) is 5.32 Å². The van der Waals surface area contributed by atoms with Crippen molar-refractivity contribution in [2.75, 3.05) is 20.6 Å². The Hall–Kier alpha value is -1.82. The number of hydrogen-bond donors (Lipinski definition) is 2. The van der Waals surface area contributed by atoms with Crippen LogP contribution in [0.4, 0.5) is 0 Å². The molecule has 6 nitrogen and oxygen atoms in total. The maximum atomic E-state index is 11.2. The molecule has 1 aromatic rings.